The van der Waals surface area contributed by atoms with Crippen molar-refractivity contribution in [3.8, 4) is 5.75 Å². The van der Waals surface area contributed by atoms with Crippen molar-refractivity contribution in [1.82, 2.24) is 35.2 Å². The van der Waals surface area contributed by atoms with Crippen molar-refractivity contribution in [3.05, 3.63) is 59.9 Å². The molecule has 0 aliphatic carbocycles. The highest BCUT2D eigenvalue weighted by atomic mass is 16.5. The van der Waals surface area contributed by atoms with Crippen molar-refractivity contribution < 1.29 is 28.7 Å². The lowest BCUT2D eigenvalue weighted by Gasteiger charge is -2.32. The second kappa shape index (κ2) is 18.5. The summed E-state index contributed by atoms with van der Waals surface area (Å²) < 4.78 is 6.26. The first-order valence-corrected chi connectivity index (χ1v) is 19.4. The van der Waals surface area contributed by atoms with E-state index in [0.29, 0.717) is 77.2 Å². The maximum absolute atomic E-state index is 14.3. The zero-order valence-corrected chi connectivity index (χ0v) is 30.6. The minimum absolute atomic E-state index is 0.0351. The molecule has 5 amide bonds. The Morgan fingerprint density at radius 2 is 1.66 bits per heavy atom. The summed E-state index contributed by atoms with van der Waals surface area (Å²) in [6.07, 6.45) is 7.06. The van der Waals surface area contributed by atoms with Gasteiger partial charge < -0.3 is 35.8 Å². The highest BCUT2D eigenvalue weighted by Crippen LogP contribution is 2.26. The number of unbranched alkanes of at least 4 members (excludes halogenated alkanes) is 1. The fraction of sp³-hybridized carbons (Fsp3) is 0.590. The number of aromatic nitrogens is 1. The van der Waals surface area contributed by atoms with Gasteiger partial charge in [0.2, 0.25) is 23.6 Å². The fourth-order valence-electron chi connectivity index (χ4n) is 8.02. The van der Waals surface area contributed by atoms with Crippen molar-refractivity contribution in [2.45, 2.75) is 94.9 Å². The van der Waals surface area contributed by atoms with Crippen LogP contribution >= 0.6 is 0 Å². The Hall–Kier alpha value is -4.56. The molecule has 0 bridgehead atoms. The van der Waals surface area contributed by atoms with Crippen LogP contribution in [0.15, 0.2) is 48.7 Å². The lowest BCUT2D eigenvalue weighted by Crippen LogP contribution is -2.55. The molecular formula is C39H54N8O6. The number of carbonyl (C=O) groups excluding carboxylic acids is 5. The molecule has 3 fully saturated rings. The molecule has 1 aromatic heterocycles. The molecule has 2 aromatic rings. The second-order valence-electron chi connectivity index (χ2n) is 14.6. The molecule has 53 heavy (non-hydrogen) atoms. The number of nitrogens with one attached hydrogen (secondary N) is 2. The van der Waals surface area contributed by atoms with Gasteiger partial charge in [-0.3, -0.25) is 33.9 Å². The van der Waals surface area contributed by atoms with Gasteiger partial charge in [-0.15, -0.1) is 0 Å². The van der Waals surface area contributed by atoms with E-state index in [1.54, 1.807) is 45.2 Å². The Balaban J connectivity index is 1.24. The van der Waals surface area contributed by atoms with E-state index in [1.165, 1.54) is 0 Å². The maximum atomic E-state index is 14.3. The van der Waals surface area contributed by atoms with E-state index in [9.17, 15) is 24.0 Å². The number of para-hydroxylation sites is 1. The van der Waals surface area contributed by atoms with Crippen molar-refractivity contribution in [3.63, 3.8) is 0 Å². The summed E-state index contributed by atoms with van der Waals surface area (Å²) in [5.74, 6) is -1.14. The van der Waals surface area contributed by atoms with E-state index in [0.717, 1.165) is 37.9 Å². The predicted molar refractivity (Wildman–Crippen MR) is 197 cm³/mol. The summed E-state index contributed by atoms with van der Waals surface area (Å²) in [5.41, 5.74) is 7.00. The summed E-state index contributed by atoms with van der Waals surface area (Å²) in [6, 6.07) is 10.1. The van der Waals surface area contributed by atoms with Crippen LogP contribution in [0.1, 0.15) is 80.3 Å². The molecule has 14 heteroatoms. The van der Waals surface area contributed by atoms with Crippen LogP contribution in [-0.2, 0) is 25.7 Å². The van der Waals surface area contributed by atoms with Crippen LogP contribution in [0.4, 0.5) is 0 Å². The normalized spacial score (nSPS) is 25.3. The Morgan fingerprint density at radius 1 is 0.849 bits per heavy atom. The zero-order valence-electron chi connectivity index (χ0n) is 30.6. The molecule has 0 radical (unpaired) electrons. The number of benzene rings is 1. The van der Waals surface area contributed by atoms with E-state index in [4.69, 9.17) is 10.5 Å². The van der Waals surface area contributed by atoms with Crippen LogP contribution in [0.25, 0.3) is 0 Å². The van der Waals surface area contributed by atoms with Gasteiger partial charge >= 0.3 is 0 Å². The molecular weight excluding hydrogens is 676 g/mol. The number of nitrogens with two attached hydrogens (primary N) is 1. The van der Waals surface area contributed by atoms with Gasteiger partial charge in [-0.2, -0.15) is 0 Å². The van der Waals surface area contributed by atoms with E-state index >= 15 is 0 Å². The Bertz CT molecular complexity index is 1590. The second-order valence-corrected chi connectivity index (χ2v) is 14.6. The Labute approximate surface area is 311 Å². The highest BCUT2D eigenvalue weighted by Gasteiger charge is 2.39. The summed E-state index contributed by atoms with van der Waals surface area (Å²) in [6.45, 7) is 4.73. The third-order valence-corrected chi connectivity index (χ3v) is 10.9. The van der Waals surface area contributed by atoms with Crippen LogP contribution in [-0.4, -0.2) is 131 Å². The van der Waals surface area contributed by atoms with Gasteiger partial charge in [-0.25, -0.2) is 0 Å². The molecule has 4 atom stereocenters. The monoisotopic (exact) mass is 730 g/mol. The number of rotatable bonds is 7. The molecule has 0 saturated carbocycles. The lowest BCUT2D eigenvalue weighted by molar-refractivity contribution is -0.142. The Morgan fingerprint density at radius 3 is 2.49 bits per heavy atom. The van der Waals surface area contributed by atoms with E-state index in [2.05, 4.69) is 20.5 Å². The van der Waals surface area contributed by atoms with Crippen LogP contribution in [0.5, 0.6) is 5.75 Å². The van der Waals surface area contributed by atoms with Crippen LogP contribution in [0.3, 0.4) is 0 Å². The number of nitrogens with zero attached hydrogens (tertiary/aromatic N) is 5. The van der Waals surface area contributed by atoms with Gasteiger partial charge in [0, 0.05) is 58.4 Å². The first kappa shape index (κ1) is 38.2. The Kier molecular flexibility index (Phi) is 13.3. The minimum atomic E-state index is -0.967. The highest BCUT2D eigenvalue weighted by molar-refractivity contribution is 6.00. The van der Waals surface area contributed by atoms with Crippen molar-refractivity contribution >= 4 is 29.5 Å². The smallest absolute Gasteiger partial charge is 0.255 e. The predicted octanol–water partition coefficient (Wildman–Crippen LogP) is 1.68. The first-order valence-electron chi connectivity index (χ1n) is 19.4. The van der Waals surface area contributed by atoms with E-state index in [1.807, 2.05) is 18.2 Å². The number of amides is 5. The van der Waals surface area contributed by atoms with Gasteiger partial charge in [0.25, 0.3) is 5.91 Å². The van der Waals surface area contributed by atoms with E-state index < -0.39 is 24.0 Å². The molecule has 286 valence electrons. The van der Waals surface area contributed by atoms with Crippen molar-refractivity contribution in [2.24, 2.45) is 5.73 Å². The molecule has 4 N–H and O–H groups in total. The van der Waals surface area contributed by atoms with Crippen LogP contribution < -0.4 is 21.1 Å². The third-order valence-electron chi connectivity index (χ3n) is 10.9. The average Bonchev–Trinajstić information content (AvgIpc) is 3.81. The van der Waals surface area contributed by atoms with Gasteiger partial charge in [0.05, 0.1) is 17.3 Å². The molecule has 14 nitrogen and oxygen atoms in total. The van der Waals surface area contributed by atoms with Gasteiger partial charge in [0.15, 0.2) is 0 Å². The molecule has 1 unspecified atom stereocenters. The number of ether oxygens (including phenoxy) is 1. The summed E-state index contributed by atoms with van der Waals surface area (Å²) >= 11 is 0. The first-order chi connectivity index (χ1) is 25.8. The summed E-state index contributed by atoms with van der Waals surface area (Å²) in [5, 5.41) is 5.98. The summed E-state index contributed by atoms with van der Waals surface area (Å²) in [7, 11) is 0. The van der Waals surface area contributed by atoms with Crippen molar-refractivity contribution in [2.75, 3.05) is 52.4 Å². The van der Waals surface area contributed by atoms with E-state index in [-0.39, 0.29) is 54.7 Å². The van der Waals surface area contributed by atoms with Gasteiger partial charge in [-0.05, 0) is 88.6 Å². The topological polar surface area (TPSA) is 171 Å². The van der Waals surface area contributed by atoms with Gasteiger partial charge in [0.1, 0.15) is 30.5 Å². The fourth-order valence-corrected chi connectivity index (χ4v) is 8.02. The molecule has 6 rings (SSSR count). The van der Waals surface area contributed by atoms with Crippen LogP contribution in [0, 0.1) is 0 Å². The zero-order chi connectivity index (χ0) is 37.2. The molecule has 1 aromatic carbocycles. The number of pyridine rings is 1. The SMILES string of the molecule is NCCCC[C@@H]1NC(=O)[C@H]2CCCN2C(=O)CCC(C(=O)N2CCCN(Cc3ccccn3)CC2)NC(=O)c2ccccc2OC[C@H]2CCCN2C1=O. The molecule has 4 aliphatic rings. The molecule has 0 spiro atoms. The number of hydrogen-bond acceptors (Lipinski definition) is 9. The summed E-state index contributed by atoms with van der Waals surface area (Å²) in [4.78, 5) is 81.7. The number of carbonyl (C=O) groups is 5. The van der Waals surface area contributed by atoms with Gasteiger partial charge in [-0.1, -0.05) is 18.2 Å². The standard InChI is InChI=1S/C39H54N8O6/c40-18-5-3-13-31-39(52)46-22-7-11-29(46)27-53-34-15-2-1-12-30(34)36(49)42-32(16-17-35(48)47-23-8-14-33(47)37(50)43-31)38(51)45-21-9-20-44(24-25-45)26-28-10-4-6-19-41-28/h1-2,4,6,10,12,15,19,29,31-33H,3,5,7-9,11,13-14,16-18,20-27,40H2,(H,42,49)(H,43,50)/t29-,31+,32?,33-/m1/s1. The van der Waals surface area contributed by atoms with Crippen molar-refractivity contribution in [1.29, 1.82) is 0 Å². The quantitative estimate of drug-likeness (QED) is 0.359. The largest absolute Gasteiger partial charge is 0.491 e. The molecule has 3 saturated heterocycles. The minimum Gasteiger partial charge on any atom is -0.491 e. The number of hydrogen-bond donors (Lipinski definition) is 3. The maximum Gasteiger partial charge on any atom is 0.255 e. The molecule has 5 heterocycles. The third kappa shape index (κ3) is 9.71. The number of fused-ring (bicyclic) bond motifs is 3. The molecule has 4 aliphatic heterocycles. The average molecular weight is 731 g/mol. The lowest BCUT2D eigenvalue weighted by atomic mass is 10.0. The van der Waals surface area contributed by atoms with Crippen LogP contribution in [0.2, 0.25) is 0 Å².